The summed E-state index contributed by atoms with van der Waals surface area (Å²) >= 11 is 10.2. The number of hydrogen-bond donors (Lipinski definition) is 3. The van der Waals surface area contributed by atoms with Crippen molar-refractivity contribution in [1.82, 2.24) is 30.9 Å². The number of nitrogens with zero attached hydrogens (tertiary/aromatic N) is 3. The van der Waals surface area contributed by atoms with Crippen molar-refractivity contribution in [1.29, 1.82) is 0 Å². The zero-order chi connectivity index (χ0) is 62.6. The van der Waals surface area contributed by atoms with E-state index in [0.717, 1.165) is 74.7 Å². The molecule has 0 bridgehead atoms. The van der Waals surface area contributed by atoms with E-state index in [0.29, 0.717) is 111 Å². The Bertz CT molecular complexity index is 4670. The lowest BCUT2D eigenvalue weighted by Gasteiger charge is -2.18. The molecule has 6 atom stereocenters. The number of thioether (sulfide) groups is 3. The van der Waals surface area contributed by atoms with Crippen LogP contribution in [0.25, 0.3) is 32.7 Å². The molecule has 6 aliphatic rings. The predicted octanol–water partition coefficient (Wildman–Crippen LogP) is 14.7. The third kappa shape index (κ3) is 11.2. The molecule has 91 heavy (non-hydrogen) atoms. The van der Waals surface area contributed by atoms with Crippen molar-refractivity contribution in [2.75, 3.05) is 7.11 Å². The van der Waals surface area contributed by atoms with E-state index in [9.17, 15) is 41.9 Å². The zero-order valence-corrected chi connectivity index (χ0v) is 50.9. The predicted molar refractivity (Wildman–Crippen MR) is 336 cm³/mol. The number of hydrogen-bond acceptors (Lipinski definition) is 17. The van der Waals surface area contributed by atoms with Gasteiger partial charge in [0.05, 0.1) is 23.7 Å². The Morgan fingerprint density at radius 2 is 1.04 bits per heavy atom. The summed E-state index contributed by atoms with van der Waals surface area (Å²) in [5.41, 5.74) is 7.20. The number of amides is 6. The van der Waals surface area contributed by atoms with E-state index in [1.807, 2.05) is 60.7 Å². The van der Waals surface area contributed by atoms with Crippen LogP contribution >= 0.6 is 46.9 Å². The molecular formula is C67H48ClF3N6O11S3. The number of halogens is 4. The second-order valence-electron chi connectivity index (χ2n) is 23.0. The molecule has 3 aliphatic carbocycles. The number of rotatable bonds is 15. The van der Waals surface area contributed by atoms with Crippen LogP contribution in [0.1, 0.15) is 92.9 Å². The number of benzene rings is 6. The van der Waals surface area contributed by atoms with Crippen molar-refractivity contribution in [3.05, 3.63) is 182 Å². The van der Waals surface area contributed by atoms with Crippen molar-refractivity contribution >= 4 is 113 Å². The van der Waals surface area contributed by atoms with Gasteiger partial charge in [0.15, 0.2) is 0 Å². The molecule has 0 spiro atoms. The average molecular weight is 1300 g/mol. The summed E-state index contributed by atoms with van der Waals surface area (Å²) in [6.45, 7) is -0.220. The second-order valence-corrected chi connectivity index (χ2v) is 26.7. The summed E-state index contributed by atoms with van der Waals surface area (Å²) in [5.74, 6) is 1.21. The van der Waals surface area contributed by atoms with Crippen molar-refractivity contribution in [2.45, 2.75) is 91.2 Å². The van der Waals surface area contributed by atoms with Gasteiger partial charge in [-0.15, -0.1) is 0 Å². The summed E-state index contributed by atoms with van der Waals surface area (Å²) in [6.07, 6.45) is -0.722. The van der Waals surface area contributed by atoms with Gasteiger partial charge < -0.3 is 23.7 Å². The molecule has 6 heterocycles. The van der Waals surface area contributed by atoms with E-state index in [-0.39, 0.29) is 87.3 Å². The molecule has 6 amide bonds. The van der Waals surface area contributed by atoms with Gasteiger partial charge in [-0.1, -0.05) is 77.2 Å². The minimum absolute atomic E-state index is 0.000989. The van der Waals surface area contributed by atoms with E-state index in [4.69, 9.17) is 45.3 Å². The number of alkyl halides is 3. The van der Waals surface area contributed by atoms with E-state index in [2.05, 4.69) is 20.9 Å². The van der Waals surface area contributed by atoms with Crippen LogP contribution in [0.2, 0.25) is 5.02 Å². The molecule has 3 unspecified atom stereocenters. The summed E-state index contributed by atoms with van der Waals surface area (Å²) in [5, 5.41) is 6.26. The first-order valence-corrected chi connectivity index (χ1v) is 32.1. The number of carbonyl (C=O) groups is 6. The van der Waals surface area contributed by atoms with Crippen molar-refractivity contribution in [3.8, 4) is 46.1 Å². The van der Waals surface area contributed by atoms with Gasteiger partial charge in [-0.2, -0.15) is 13.2 Å². The first kappa shape index (κ1) is 58.5. The highest BCUT2D eigenvalue weighted by molar-refractivity contribution is 8.16. The van der Waals surface area contributed by atoms with Gasteiger partial charge in [-0.3, -0.25) is 49.7 Å². The number of methoxy groups -OCH3 is 1. The van der Waals surface area contributed by atoms with Crippen LogP contribution in [0, 0.1) is 0 Å². The van der Waals surface area contributed by atoms with E-state index in [1.165, 1.54) is 6.07 Å². The molecule has 0 saturated carbocycles. The van der Waals surface area contributed by atoms with Gasteiger partial charge in [-0.05, 0) is 150 Å². The number of fused-ring (bicyclic) bond motifs is 6. The maximum absolute atomic E-state index is 14.6. The van der Waals surface area contributed by atoms with Crippen LogP contribution in [-0.2, 0) is 52.9 Å². The number of carbonyl (C=O) groups excluding carboxylic acids is 6. The Morgan fingerprint density at radius 1 is 0.527 bits per heavy atom. The Balaban J connectivity index is 0.763. The van der Waals surface area contributed by atoms with Gasteiger partial charge in [0.1, 0.15) is 68.3 Å². The highest BCUT2D eigenvalue weighted by Crippen LogP contribution is 2.49. The molecule has 6 aromatic carbocycles. The molecule has 458 valence electrons. The Kier molecular flexibility index (Phi) is 14.8. The quantitative estimate of drug-likeness (QED) is 0.0868. The lowest BCUT2D eigenvalue weighted by molar-refractivity contribution is -0.141. The number of aromatic nitrogens is 3. The maximum Gasteiger partial charge on any atom is 0.433 e. The summed E-state index contributed by atoms with van der Waals surface area (Å²) in [6, 6.07) is 34.8. The largest absolute Gasteiger partial charge is 0.497 e. The molecule has 3 fully saturated rings. The summed E-state index contributed by atoms with van der Waals surface area (Å²) < 4.78 is 75.7. The number of aryl methyl sites for hydroxylation is 3. The van der Waals surface area contributed by atoms with Crippen LogP contribution in [-0.4, -0.2) is 71.3 Å². The lowest BCUT2D eigenvalue weighted by Crippen LogP contribution is -2.27. The van der Waals surface area contributed by atoms with Crippen molar-refractivity contribution in [3.63, 3.8) is 0 Å². The van der Waals surface area contributed by atoms with Gasteiger partial charge >= 0.3 is 6.18 Å². The van der Waals surface area contributed by atoms with Gasteiger partial charge in [0.2, 0.25) is 23.6 Å². The molecule has 15 rings (SSSR count). The fourth-order valence-electron chi connectivity index (χ4n) is 13.4. The van der Waals surface area contributed by atoms with Crippen LogP contribution in [0.15, 0.2) is 121 Å². The molecular weight excluding hydrogens is 1250 g/mol. The topological polar surface area (TPSA) is 223 Å². The maximum atomic E-state index is 14.6. The van der Waals surface area contributed by atoms with Crippen LogP contribution in [0.5, 0.6) is 46.1 Å². The SMILES string of the molecule is COc1ccc2nc(Cc3cc4c(Oc5ccc6c(c5)CC[C@H]6C5SC(=O)NC5=O)cc(OCc5cccc6nc(C(F)(F)F)cc(Oc7ccc8c(c7)CC[C@H]8C7SC(=O)NC7=O)c56)nc4cc3Cl)cc(Oc3ccc4c(c3)CC[C@H]4C3SC(=O)NC3=O)c2c1. The van der Waals surface area contributed by atoms with E-state index in [1.54, 1.807) is 55.6 Å². The average Bonchev–Trinajstić information content (AvgIpc) is 2.18. The molecule has 24 heteroatoms. The highest BCUT2D eigenvalue weighted by Gasteiger charge is 2.44. The number of nitrogens with one attached hydrogen (secondary N) is 3. The smallest absolute Gasteiger partial charge is 0.433 e. The monoisotopic (exact) mass is 1300 g/mol. The van der Waals surface area contributed by atoms with Crippen molar-refractivity contribution < 1.29 is 65.6 Å². The van der Waals surface area contributed by atoms with Crippen LogP contribution < -0.4 is 39.6 Å². The van der Waals surface area contributed by atoms with Gasteiger partial charge in [-0.25, -0.2) is 9.97 Å². The van der Waals surface area contributed by atoms with Gasteiger partial charge in [0, 0.05) is 74.8 Å². The lowest BCUT2D eigenvalue weighted by atomic mass is 9.97. The normalized spacial score (nSPS) is 20.9. The number of ether oxygens (including phenoxy) is 5. The Hall–Kier alpha value is -8.90. The zero-order valence-electron chi connectivity index (χ0n) is 47.7. The third-order valence-corrected chi connectivity index (χ3v) is 21.2. The minimum Gasteiger partial charge on any atom is -0.497 e. The molecule has 3 aliphatic heterocycles. The van der Waals surface area contributed by atoms with E-state index >= 15 is 0 Å². The fourth-order valence-corrected chi connectivity index (χ4v) is 16.6. The Morgan fingerprint density at radius 3 is 1.56 bits per heavy atom. The minimum atomic E-state index is -4.82. The molecule has 9 aromatic rings. The van der Waals surface area contributed by atoms with Crippen molar-refractivity contribution in [2.24, 2.45) is 0 Å². The first-order valence-electron chi connectivity index (χ1n) is 29.1. The molecule has 3 saturated heterocycles. The van der Waals surface area contributed by atoms with Crippen LogP contribution in [0.4, 0.5) is 27.6 Å². The molecule has 17 nitrogen and oxygen atoms in total. The number of imide groups is 3. The summed E-state index contributed by atoms with van der Waals surface area (Å²) in [4.78, 5) is 88.5. The van der Waals surface area contributed by atoms with Crippen LogP contribution in [0.3, 0.4) is 0 Å². The molecule has 3 aromatic heterocycles. The van der Waals surface area contributed by atoms with E-state index < -0.39 is 32.9 Å². The molecule has 3 N–H and O–H groups in total. The highest BCUT2D eigenvalue weighted by atomic mass is 35.5. The summed E-state index contributed by atoms with van der Waals surface area (Å²) in [7, 11) is 1.58. The van der Waals surface area contributed by atoms with Gasteiger partial charge in [0.25, 0.3) is 15.7 Å². The molecule has 0 radical (unpaired) electrons. The fraction of sp³-hybridized carbons (Fsp3) is 0.239. The standard InChI is InChI=1S/C67H48ClF3N6O11S3/c1-84-36-11-18-49-47(25-36)52(86-37-8-15-40-30(20-37)5-12-43(40)58-61(78)75-64(81)89-58)24-35(72-49)19-34-23-46-51(26-48(34)68)74-56(28-53(46)87-38-9-16-41-31(21-38)6-13-44(41)59-62(79)76-65(82)90-59)85-29-33-3-2-4-50-57(33)54(27-55(73-50)67(69,70)71)88-39-10-17-42-32(22-39)7-14-45(42)60-63(80)77-66(83)91-60/h2-4,8-11,15-18,20-28,43-45,58-60H,5-7,12-14,19,29H2,1H3,(H,75,78,81)(H,76,79,82)(H,77,80,83)/t43-,44-,45-,58?,59?,60?/m1/s1. The first-order chi connectivity index (χ1) is 43.9. The third-order valence-electron chi connectivity index (χ3n) is 17.5. The number of pyridine rings is 3. The Labute approximate surface area is 533 Å². The second kappa shape index (κ2) is 23.1.